The van der Waals surface area contributed by atoms with E-state index >= 15 is 0 Å². The van der Waals surface area contributed by atoms with Crippen LogP contribution < -0.4 is 15.0 Å². The number of methoxy groups -OCH3 is 1. The first kappa shape index (κ1) is 18.1. The number of aromatic hydroxyl groups is 1. The Labute approximate surface area is 145 Å². The zero-order chi connectivity index (χ0) is 18.4. The van der Waals surface area contributed by atoms with Crippen molar-refractivity contribution in [3.8, 4) is 11.5 Å². The standard InChI is InChI=1S/C18H20N2O5/c1-20(13-6-8-15(25-2)9-7-13)17(22)16(19-18(23)24)11-12-4-3-5-14(21)10-12/h3-10,16,19,21H,11H2,1-2H3,(H,23,24). The quantitative estimate of drug-likeness (QED) is 0.746. The number of carboxylic acid groups (broad SMARTS) is 1. The molecule has 0 aromatic heterocycles. The van der Waals surface area contributed by atoms with Crippen LogP contribution in [0.25, 0.3) is 0 Å². The van der Waals surface area contributed by atoms with E-state index < -0.39 is 18.0 Å². The smallest absolute Gasteiger partial charge is 0.405 e. The van der Waals surface area contributed by atoms with Crippen molar-refractivity contribution in [1.82, 2.24) is 5.32 Å². The summed E-state index contributed by atoms with van der Waals surface area (Å²) in [5.41, 5.74) is 1.26. The normalized spacial score (nSPS) is 11.4. The fourth-order valence-corrected chi connectivity index (χ4v) is 2.44. The first-order valence-electron chi connectivity index (χ1n) is 7.59. The number of phenols is 1. The van der Waals surface area contributed by atoms with Gasteiger partial charge in [-0.15, -0.1) is 0 Å². The van der Waals surface area contributed by atoms with Crippen molar-refractivity contribution in [1.29, 1.82) is 0 Å². The molecule has 2 rings (SSSR count). The highest BCUT2D eigenvalue weighted by Crippen LogP contribution is 2.20. The summed E-state index contributed by atoms with van der Waals surface area (Å²) in [4.78, 5) is 25.2. The second-order valence-corrected chi connectivity index (χ2v) is 5.47. The van der Waals surface area contributed by atoms with Crippen molar-refractivity contribution in [3.05, 3.63) is 54.1 Å². The number of rotatable bonds is 6. The fourth-order valence-electron chi connectivity index (χ4n) is 2.44. The highest BCUT2D eigenvalue weighted by Gasteiger charge is 2.25. The lowest BCUT2D eigenvalue weighted by atomic mass is 10.0. The number of nitrogens with one attached hydrogen (secondary N) is 1. The highest BCUT2D eigenvalue weighted by molar-refractivity contribution is 5.98. The van der Waals surface area contributed by atoms with Gasteiger partial charge in [-0.05, 0) is 42.0 Å². The molecule has 7 nitrogen and oxygen atoms in total. The third-order valence-electron chi connectivity index (χ3n) is 3.74. The van der Waals surface area contributed by atoms with Crippen molar-refractivity contribution in [2.75, 3.05) is 19.1 Å². The Morgan fingerprint density at radius 3 is 2.44 bits per heavy atom. The van der Waals surface area contributed by atoms with Gasteiger partial charge < -0.3 is 25.2 Å². The largest absolute Gasteiger partial charge is 0.508 e. The summed E-state index contributed by atoms with van der Waals surface area (Å²) in [6.07, 6.45) is -1.17. The zero-order valence-electron chi connectivity index (χ0n) is 14.0. The van der Waals surface area contributed by atoms with Crippen LogP contribution in [-0.2, 0) is 11.2 Å². The monoisotopic (exact) mass is 344 g/mol. The maximum atomic E-state index is 12.7. The van der Waals surface area contributed by atoms with E-state index in [9.17, 15) is 14.7 Å². The van der Waals surface area contributed by atoms with Crippen LogP contribution in [0, 0.1) is 0 Å². The van der Waals surface area contributed by atoms with Gasteiger partial charge in [0.15, 0.2) is 0 Å². The molecule has 0 heterocycles. The Bertz CT molecular complexity index is 745. The lowest BCUT2D eigenvalue weighted by Gasteiger charge is -2.24. The number of hydrogen-bond donors (Lipinski definition) is 3. The Morgan fingerprint density at radius 2 is 1.88 bits per heavy atom. The zero-order valence-corrected chi connectivity index (χ0v) is 14.0. The molecule has 1 atom stereocenters. The molecule has 0 aliphatic carbocycles. The molecule has 0 saturated carbocycles. The van der Waals surface area contributed by atoms with Crippen LogP contribution in [0.4, 0.5) is 10.5 Å². The molecule has 0 saturated heterocycles. The molecule has 2 aromatic rings. The van der Waals surface area contributed by atoms with Gasteiger partial charge >= 0.3 is 6.09 Å². The van der Waals surface area contributed by atoms with E-state index in [-0.39, 0.29) is 12.2 Å². The molecule has 25 heavy (non-hydrogen) atoms. The second kappa shape index (κ2) is 8.05. The van der Waals surface area contributed by atoms with E-state index in [0.717, 1.165) is 0 Å². The summed E-state index contributed by atoms with van der Waals surface area (Å²) in [7, 11) is 3.12. The maximum Gasteiger partial charge on any atom is 0.405 e. The van der Waals surface area contributed by atoms with Crippen LogP contribution in [0.2, 0.25) is 0 Å². The van der Waals surface area contributed by atoms with Gasteiger partial charge in [0, 0.05) is 19.2 Å². The molecule has 2 aromatic carbocycles. The number of anilines is 1. The van der Waals surface area contributed by atoms with Gasteiger partial charge in [-0.3, -0.25) is 4.79 Å². The van der Waals surface area contributed by atoms with E-state index in [2.05, 4.69) is 5.32 Å². The van der Waals surface area contributed by atoms with Crippen LogP contribution in [-0.4, -0.2) is 42.4 Å². The van der Waals surface area contributed by atoms with E-state index in [1.54, 1.807) is 50.6 Å². The van der Waals surface area contributed by atoms with Gasteiger partial charge in [0.2, 0.25) is 5.91 Å². The van der Waals surface area contributed by atoms with Gasteiger partial charge in [0.1, 0.15) is 17.5 Å². The summed E-state index contributed by atoms with van der Waals surface area (Å²) in [6.45, 7) is 0. The van der Waals surface area contributed by atoms with Crippen LogP contribution in [0.5, 0.6) is 11.5 Å². The van der Waals surface area contributed by atoms with Crippen LogP contribution in [0.1, 0.15) is 5.56 Å². The average Bonchev–Trinajstić information content (AvgIpc) is 2.59. The summed E-state index contributed by atoms with van der Waals surface area (Å²) in [6, 6.07) is 12.2. The predicted molar refractivity (Wildman–Crippen MR) is 93.2 cm³/mol. The van der Waals surface area contributed by atoms with Gasteiger partial charge in [-0.1, -0.05) is 12.1 Å². The third-order valence-corrected chi connectivity index (χ3v) is 3.74. The topological polar surface area (TPSA) is 99.1 Å². The molecule has 3 N–H and O–H groups in total. The molecule has 2 amide bonds. The Morgan fingerprint density at radius 1 is 1.20 bits per heavy atom. The third kappa shape index (κ3) is 4.87. The molecule has 132 valence electrons. The molecular formula is C18H20N2O5. The van der Waals surface area contributed by atoms with Gasteiger partial charge in [0.05, 0.1) is 7.11 Å². The van der Waals surface area contributed by atoms with Crippen LogP contribution in [0.15, 0.2) is 48.5 Å². The number of hydrogen-bond acceptors (Lipinski definition) is 4. The number of amides is 2. The molecule has 1 unspecified atom stereocenters. The fraction of sp³-hybridized carbons (Fsp3) is 0.222. The van der Waals surface area contributed by atoms with Crippen molar-refractivity contribution < 1.29 is 24.5 Å². The second-order valence-electron chi connectivity index (χ2n) is 5.47. The van der Waals surface area contributed by atoms with Crippen molar-refractivity contribution in [2.24, 2.45) is 0 Å². The lowest BCUT2D eigenvalue weighted by molar-refractivity contribution is -0.120. The lowest BCUT2D eigenvalue weighted by Crippen LogP contribution is -2.48. The minimum atomic E-state index is -1.29. The van der Waals surface area contributed by atoms with E-state index in [1.165, 1.54) is 17.0 Å². The van der Waals surface area contributed by atoms with Gasteiger partial charge in [-0.2, -0.15) is 0 Å². The molecule has 7 heteroatoms. The molecular weight excluding hydrogens is 324 g/mol. The first-order valence-corrected chi connectivity index (χ1v) is 7.59. The number of benzene rings is 2. The van der Waals surface area contributed by atoms with Crippen molar-refractivity contribution in [3.63, 3.8) is 0 Å². The van der Waals surface area contributed by atoms with Crippen molar-refractivity contribution in [2.45, 2.75) is 12.5 Å². The Hall–Kier alpha value is -3.22. The minimum absolute atomic E-state index is 0.0579. The minimum Gasteiger partial charge on any atom is -0.508 e. The number of phenolic OH excluding ortho intramolecular Hbond substituents is 1. The van der Waals surface area contributed by atoms with E-state index in [0.29, 0.717) is 17.0 Å². The number of nitrogens with zero attached hydrogens (tertiary/aromatic N) is 1. The predicted octanol–water partition coefficient (Wildman–Crippen LogP) is 2.24. The number of carbonyl (C=O) groups excluding carboxylic acids is 1. The van der Waals surface area contributed by atoms with E-state index in [4.69, 9.17) is 9.84 Å². The SMILES string of the molecule is COc1ccc(N(C)C(=O)C(Cc2cccc(O)c2)NC(=O)O)cc1. The Kier molecular flexibility index (Phi) is 5.84. The Balaban J connectivity index is 2.19. The molecule has 0 aliphatic heterocycles. The number of ether oxygens (including phenoxy) is 1. The van der Waals surface area contributed by atoms with Gasteiger partial charge in [0.25, 0.3) is 0 Å². The number of likely N-dealkylation sites (N-methyl/N-ethyl adjacent to an activating group) is 1. The van der Waals surface area contributed by atoms with Crippen LogP contribution >= 0.6 is 0 Å². The molecule has 0 spiro atoms. The summed E-state index contributed by atoms with van der Waals surface area (Å²) in [5.74, 6) is 0.308. The molecule has 0 bridgehead atoms. The van der Waals surface area contributed by atoms with Crippen molar-refractivity contribution >= 4 is 17.7 Å². The van der Waals surface area contributed by atoms with Gasteiger partial charge in [-0.25, -0.2) is 4.79 Å². The molecule has 0 fully saturated rings. The summed E-state index contributed by atoms with van der Waals surface area (Å²) < 4.78 is 5.08. The molecule has 0 radical (unpaired) electrons. The first-order chi connectivity index (χ1) is 11.9. The number of carbonyl (C=O) groups is 2. The highest BCUT2D eigenvalue weighted by atomic mass is 16.5. The average molecular weight is 344 g/mol. The van der Waals surface area contributed by atoms with Crippen LogP contribution in [0.3, 0.4) is 0 Å². The maximum absolute atomic E-state index is 12.7. The van der Waals surface area contributed by atoms with E-state index in [1.807, 2.05) is 0 Å². The summed E-state index contributed by atoms with van der Waals surface area (Å²) in [5, 5.41) is 20.8. The summed E-state index contributed by atoms with van der Waals surface area (Å²) >= 11 is 0. The molecule has 0 aliphatic rings.